The van der Waals surface area contributed by atoms with Crippen molar-refractivity contribution in [3.63, 3.8) is 0 Å². The van der Waals surface area contributed by atoms with Crippen molar-refractivity contribution in [3.05, 3.63) is 12.2 Å². The molecule has 1 saturated carbocycles. The average Bonchev–Trinajstić information content (AvgIpc) is 2.78. The summed E-state index contributed by atoms with van der Waals surface area (Å²) in [6, 6.07) is 0.580. The molecular weight excluding hydrogens is 200 g/mol. The fourth-order valence-corrected chi connectivity index (χ4v) is 2.60. The van der Waals surface area contributed by atoms with Crippen LogP contribution in [-0.2, 0) is 6.54 Å². The van der Waals surface area contributed by atoms with Gasteiger partial charge in [-0.05, 0) is 25.8 Å². The minimum atomic E-state index is 0.580. The van der Waals surface area contributed by atoms with Gasteiger partial charge < -0.3 is 5.32 Å². The molecule has 0 aliphatic heterocycles. The molecule has 1 N–H and O–H groups in total. The summed E-state index contributed by atoms with van der Waals surface area (Å²) in [5, 5.41) is 7.62. The molecule has 1 heterocycles. The minimum Gasteiger partial charge on any atom is -0.313 e. The van der Waals surface area contributed by atoms with Gasteiger partial charge in [0.15, 0.2) is 5.82 Å². The topological polar surface area (TPSA) is 42.7 Å². The van der Waals surface area contributed by atoms with Crippen LogP contribution < -0.4 is 5.32 Å². The van der Waals surface area contributed by atoms with E-state index in [-0.39, 0.29) is 0 Å². The van der Waals surface area contributed by atoms with Gasteiger partial charge in [0.2, 0.25) is 0 Å². The van der Waals surface area contributed by atoms with Gasteiger partial charge in [-0.2, -0.15) is 5.10 Å². The molecule has 1 fully saturated rings. The zero-order valence-corrected chi connectivity index (χ0v) is 10.3. The molecule has 0 aromatic carbocycles. The summed E-state index contributed by atoms with van der Waals surface area (Å²) in [6.45, 7) is 3.05. The van der Waals surface area contributed by atoms with Gasteiger partial charge in [0.05, 0.1) is 12.6 Å². The first-order valence-electron chi connectivity index (χ1n) is 6.38. The van der Waals surface area contributed by atoms with Crippen LogP contribution in [0.2, 0.25) is 0 Å². The van der Waals surface area contributed by atoms with Crippen molar-refractivity contribution in [2.45, 2.75) is 51.6 Å². The van der Waals surface area contributed by atoms with Gasteiger partial charge in [0.25, 0.3) is 0 Å². The van der Waals surface area contributed by atoms with Crippen LogP contribution in [-0.4, -0.2) is 21.8 Å². The average molecular weight is 222 g/mol. The Bertz CT molecular complexity index is 321. The smallest absolute Gasteiger partial charge is 0.164 e. The molecule has 1 aliphatic rings. The van der Waals surface area contributed by atoms with Crippen LogP contribution >= 0.6 is 0 Å². The Morgan fingerprint density at radius 3 is 3.12 bits per heavy atom. The van der Waals surface area contributed by atoms with E-state index in [2.05, 4.69) is 27.0 Å². The van der Waals surface area contributed by atoms with Crippen LogP contribution in [0.25, 0.3) is 0 Å². The maximum absolute atomic E-state index is 4.54. The third-order valence-corrected chi connectivity index (χ3v) is 3.60. The van der Waals surface area contributed by atoms with Crippen molar-refractivity contribution in [2.24, 2.45) is 5.92 Å². The summed E-state index contributed by atoms with van der Waals surface area (Å²) in [6.07, 6.45) is 8.47. The summed E-state index contributed by atoms with van der Waals surface area (Å²) >= 11 is 0. The van der Waals surface area contributed by atoms with E-state index in [1.165, 1.54) is 32.1 Å². The monoisotopic (exact) mass is 222 g/mol. The fraction of sp³-hybridized carbons (Fsp3) is 0.833. The van der Waals surface area contributed by atoms with Crippen LogP contribution in [0.4, 0.5) is 0 Å². The Morgan fingerprint density at radius 1 is 1.50 bits per heavy atom. The molecule has 1 aromatic rings. The third-order valence-electron chi connectivity index (χ3n) is 3.60. The summed E-state index contributed by atoms with van der Waals surface area (Å²) in [5.41, 5.74) is 0. The molecule has 16 heavy (non-hydrogen) atoms. The van der Waals surface area contributed by atoms with Gasteiger partial charge in [-0.25, -0.2) is 9.67 Å². The zero-order valence-electron chi connectivity index (χ0n) is 10.3. The molecule has 2 atom stereocenters. The van der Waals surface area contributed by atoms with Crippen LogP contribution in [0.1, 0.15) is 50.9 Å². The summed E-state index contributed by atoms with van der Waals surface area (Å²) in [5.74, 6) is 1.79. The number of nitrogens with one attached hydrogen (secondary N) is 1. The highest BCUT2D eigenvalue weighted by molar-refractivity contribution is 4.84. The highest BCUT2D eigenvalue weighted by Crippen LogP contribution is 2.33. The molecule has 0 spiro atoms. The van der Waals surface area contributed by atoms with Crippen molar-refractivity contribution >= 4 is 0 Å². The largest absolute Gasteiger partial charge is 0.313 e. The second-order valence-electron chi connectivity index (χ2n) is 4.77. The number of aromatic nitrogens is 3. The Hall–Kier alpha value is -0.900. The van der Waals surface area contributed by atoms with Crippen molar-refractivity contribution in [3.8, 4) is 0 Å². The van der Waals surface area contributed by atoms with E-state index in [1.807, 2.05) is 13.4 Å². The first kappa shape index (κ1) is 11.6. The van der Waals surface area contributed by atoms with Gasteiger partial charge in [-0.3, -0.25) is 0 Å². The lowest BCUT2D eigenvalue weighted by Crippen LogP contribution is -2.19. The van der Waals surface area contributed by atoms with Crippen LogP contribution in [0.5, 0.6) is 0 Å². The standard InChI is InChI=1S/C12H22N4/c1-3-10-5-4-6-11(7-10)16-9-14-12(15-16)8-13-2/h9-11,13H,3-8H2,1-2H3. The van der Waals surface area contributed by atoms with E-state index in [0.29, 0.717) is 6.04 Å². The molecule has 2 unspecified atom stereocenters. The fourth-order valence-electron chi connectivity index (χ4n) is 2.60. The molecule has 4 heteroatoms. The first-order chi connectivity index (χ1) is 7.83. The normalized spacial score (nSPS) is 25.9. The predicted molar refractivity (Wildman–Crippen MR) is 64.1 cm³/mol. The lowest BCUT2D eigenvalue weighted by atomic mass is 9.84. The van der Waals surface area contributed by atoms with Crippen LogP contribution in [0.15, 0.2) is 6.33 Å². The van der Waals surface area contributed by atoms with Gasteiger partial charge in [-0.15, -0.1) is 0 Å². The molecule has 0 saturated heterocycles. The molecule has 2 rings (SSSR count). The number of rotatable bonds is 4. The Morgan fingerprint density at radius 2 is 2.38 bits per heavy atom. The van der Waals surface area contributed by atoms with E-state index in [4.69, 9.17) is 0 Å². The van der Waals surface area contributed by atoms with Crippen molar-refractivity contribution < 1.29 is 0 Å². The van der Waals surface area contributed by atoms with Gasteiger partial charge >= 0.3 is 0 Å². The van der Waals surface area contributed by atoms with Gasteiger partial charge in [0.1, 0.15) is 6.33 Å². The lowest BCUT2D eigenvalue weighted by Gasteiger charge is -2.28. The van der Waals surface area contributed by atoms with E-state index in [0.717, 1.165) is 18.3 Å². The van der Waals surface area contributed by atoms with Crippen molar-refractivity contribution in [1.82, 2.24) is 20.1 Å². The number of nitrogens with zero attached hydrogens (tertiary/aromatic N) is 3. The molecule has 1 aromatic heterocycles. The third kappa shape index (κ3) is 2.61. The van der Waals surface area contributed by atoms with Gasteiger partial charge in [-0.1, -0.05) is 26.2 Å². The molecule has 0 bridgehead atoms. The lowest BCUT2D eigenvalue weighted by molar-refractivity contribution is 0.246. The van der Waals surface area contributed by atoms with Gasteiger partial charge in [0, 0.05) is 0 Å². The van der Waals surface area contributed by atoms with Crippen LogP contribution in [0, 0.1) is 5.92 Å². The molecule has 90 valence electrons. The summed E-state index contributed by atoms with van der Waals surface area (Å²) in [4.78, 5) is 4.32. The van der Waals surface area contributed by atoms with E-state index < -0.39 is 0 Å². The number of hydrogen-bond acceptors (Lipinski definition) is 3. The Balaban J connectivity index is 1.99. The molecule has 1 aliphatic carbocycles. The highest BCUT2D eigenvalue weighted by atomic mass is 15.3. The Kier molecular flexibility index (Phi) is 3.93. The molecule has 0 amide bonds. The first-order valence-corrected chi connectivity index (χ1v) is 6.38. The van der Waals surface area contributed by atoms with E-state index in [1.54, 1.807) is 0 Å². The molecule has 4 nitrogen and oxygen atoms in total. The SMILES string of the molecule is CCC1CCCC(n2cnc(CNC)n2)C1. The quantitative estimate of drug-likeness (QED) is 0.848. The minimum absolute atomic E-state index is 0.580. The second kappa shape index (κ2) is 5.43. The molecule has 0 radical (unpaired) electrons. The second-order valence-corrected chi connectivity index (χ2v) is 4.77. The van der Waals surface area contributed by atoms with Crippen molar-refractivity contribution in [2.75, 3.05) is 7.05 Å². The Labute approximate surface area is 97.5 Å². The maximum Gasteiger partial charge on any atom is 0.164 e. The van der Waals surface area contributed by atoms with E-state index in [9.17, 15) is 0 Å². The van der Waals surface area contributed by atoms with E-state index >= 15 is 0 Å². The van der Waals surface area contributed by atoms with Crippen LogP contribution in [0.3, 0.4) is 0 Å². The highest BCUT2D eigenvalue weighted by Gasteiger charge is 2.22. The zero-order chi connectivity index (χ0) is 11.4. The summed E-state index contributed by atoms with van der Waals surface area (Å²) < 4.78 is 2.08. The number of hydrogen-bond donors (Lipinski definition) is 1. The molecular formula is C12H22N4. The van der Waals surface area contributed by atoms with Crippen molar-refractivity contribution in [1.29, 1.82) is 0 Å². The summed E-state index contributed by atoms with van der Waals surface area (Å²) in [7, 11) is 1.93. The predicted octanol–water partition coefficient (Wildman–Crippen LogP) is 2.14. The maximum atomic E-state index is 4.54.